The number of hydrazone groups is 1. The van der Waals surface area contributed by atoms with Gasteiger partial charge in [-0.1, -0.05) is 22.0 Å². The van der Waals surface area contributed by atoms with E-state index >= 15 is 0 Å². The maximum Gasteiger partial charge on any atom is 0.332 e. The van der Waals surface area contributed by atoms with Crippen molar-refractivity contribution in [2.75, 3.05) is 0 Å². The van der Waals surface area contributed by atoms with E-state index in [0.717, 1.165) is 35.0 Å². The maximum atomic E-state index is 10.6. The number of benzene rings is 1. The second-order valence-corrected chi connectivity index (χ2v) is 4.61. The van der Waals surface area contributed by atoms with Crippen LogP contribution < -0.4 is 11.2 Å². The van der Waals surface area contributed by atoms with Crippen molar-refractivity contribution in [1.82, 2.24) is 5.43 Å². The molecule has 84 valence electrons. The minimum Gasteiger partial charge on any atom is -0.350 e. The average molecular weight is 282 g/mol. The Bertz CT molecular complexity index is 457. The van der Waals surface area contributed by atoms with Crippen LogP contribution in [0.4, 0.5) is 4.79 Å². The van der Waals surface area contributed by atoms with Gasteiger partial charge in [0.1, 0.15) is 0 Å². The van der Waals surface area contributed by atoms with Gasteiger partial charge < -0.3 is 5.73 Å². The van der Waals surface area contributed by atoms with Gasteiger partial charge in [-0.25, -0.2) is 10.2 Å². The highest BCUT2D eigenvalue weighted by Crippen LogP contribution is 2.24. The van der Waals surface area contributed by atoms with Crippen LogP contribution in [0.15, 0.2) is 27.8 Å². The average Bonchev–Trinajstić information content (AvgIpc) is 2.26. The van der Waals surface area contributed by atoms with E-state index in [2.05, 4.69) is 32.5 Å². The predicted molar refractivity (Wildman–Crippen MR) is 66.3 cm³/mol. The largest absolute Gasteiger partial charge is 0.350 e. The molecule has 2 amide bonds. The van der Waals surface area contributed by atoms with Gasteiger partial charge in [0.15, 0.2) is 0 Å². The lowest BCUT2D eigenvalue weighted by molar-refractivity contribution is 0.249. The number of halogens is 1. The molecule has 0 unspecified atom stereocenters. The van der Waals surface area contributed by atoms with Crippen LogP contribution in [0.3, 0.4) is 0 Å². The fraction of sp³-hybridized carbons (Fsp3) is 0.273. The number of nitrogens with two attached hydrogens (primary N) is 1. The number of hydrogen-bond donors (Lipinski definition) is 2. The Hall–Kier alpha value is -1.36. The van der Waals surface area contributed by atoms with Crippen molar-refractivity contribution < 1.29 is 4.79 Å². The van der Waals surface area contributed by atoms with Crippen LogP contribution in [0, 0.1) is 0 Å². The molecule has 0 fully saturated rings. The fourth-order valence-electron chi connectivity index (χ4n) is 1.85. The van der Waals surface area contributed by atoms with Gasteiger partial charge in [0.25, 0.3) is 0 Å². The summed E-state index contributed by atoms with van der Waals surface area (Å²) in [5.74, 6) is 0. The molecule has 0 saturated heterocycles. The Morgan fingerprint density at radius 3 is 3.00 bits per heavy atom. The highest BCUT2D eigenvalue weighted by atomic mass is 79.9. The molecular formula is C11H12BrN3O. The van der Waals surface area contributed by atoms with Crippen LogP contribution in [0.25, 0.3) is 0 Å². The summed E-state index contributed by atoms with van der Waals surface area (Å²) >= 11 is 3.43. The van der Waals surface area contributed by atoms with E-state index in [-0.39, 0.29) is 0 Å². The lowest BCUT2D eigenvalue weighted by atomic mass is 9.90. The molecule has 0 heterocycles. The first-order chi connectivity index (χ1) is 7.66. The Kier molecular flexibility index (Phi) is 3.24. The number of nitrogens with one attached hydrogen (secondary N) is 1. The topological polar surface area (TPSA) is 67.5 Å². The summed E-state index contributed by atoms with van der Waals surface area (Å²) in [5.41, 5.74) is 10.5. The van der Waals surface area contributed by atoms with Crippen LogP contribution in [0.2, 0.25) is 0 Å². The first-order valence-corrected chi connectivity index (χ1v) is 5.87. The molecule has 1 aromatic rings. The van der Waals surface area contributed by atoms with Crippen molar-refractivity contribution >= 4 is 27.7 Å². The molecular weight excluding hydrogens is 270 g/mol. The smallest absolute Gasteiger partial charge is 0.332 e. The Labute approximate surface area is 102 Å². The van der Waals surface area contributed by atoms with Gasteiger partial charge in [0.05, 0.1) is 5.71 Å². The zero-order valence-electron chi connectivity index (χ0n) is 8.66. The first-order valence-electron chi connectivity index (χ1n) is 5.07. The Balaban J connectivity index is 2.35. The minimum atomic E-state index is -0.630. The number of primary amides is 1. The third-order valence-corrected chi connectivity index (χ3v) is 3.04. The number of aryl methyl sites for hydroxylation is 1. The van der Waals surface area contributed by atoms with Crippen molar-refractivity contribution in [2.45, 2.75) is 19.3 Å². The molecule has 0 radical (unpaired) electrons. The van der Waals surface area contributed by atoms with E-state index in [0.29, 0.717) is 0 Å². The second-order valence-electron chi connectivity index (χ2n) is 3.69. The fourth-order valence-corrected chi connectivity index (χ4v) is 2.22. The first kappa shape index (κ1) is 11.1. The third-order valence-electron chi connectivity index (χ3n) is 2.54. The standard InChI is InChI=1S/C11H12BrN3O/c12-8-5-4-7-2-1-3-10(9(7)6-8)14-15-11(13)16/h4-6H,1-3H2,(H3,13,15,16)/b14-10-. The highest BCUT2D eigenvalue weighted by Gasteiger charge is 2.15. The summed E-state index contributed by atoms with van der Waals surface area (Å²) in [6.45, 7) is 0. The van der Waals surface area contributed by atoms with E-state index in [4.69, 9.17) is 5.73 Å². The van der Waals surface area contributed by atoms with Crippen LogP contribution in [-0.4, -0.2) is 11.7 Å². The van der Waals surface area contributed by atoms with Gasteiger partial charge in [0.2, 0.25) is 0 Å². The van der Waals surface area contributed by atoms with Gasteiger partial charge in [-0.3, -0.25) is 0 Å². The van der Waals surface area contributed by atoms with Crippen LogP contribution >= 0.6 is 15.9 Å². The number of hydrogen-bond acceptors (Lipinski definition) is 2. The van der Waals surface area contributed by atoms with E-state index in [1.165, 1.54) is 5.56 Å². The molecule has 3 N–H and O–H groups in total. The van der Waals surface area contributed by atoms with Crippen LogP contribution in [-0.2, 0) is 6.42 Å². The van der Waals surface area contributed by atoms with E-state index in [9.17, 15) is 4.79 Å². The zero-order valence-corrected chi connectivity index (χ0v) is 10.3. The SMILES string of the molecule is NC(=O)N/N=C1/CCCc2ccc(Br)cc21. The molecule has 0 atom stereocenters. The predicted octanol–water partition coefficient (Wildman–Crippen LogP) is 2.16. The number of nitrogens with zero attached hydrogens (tertiary/aromatic N) is 1. The van der Waals surface area contributed by atoms with Gasteiger partial charge in [-0.15, -0.1) is 0 Å². The molecule has 1 aliphatic rings. The number of urea groups is 1. The molecule has 1 aliphatic carbocycles. The summed E-state index contributed by atoms with van der Waals surface area (Å²) in [5, 5.41) is 4.04. The van der Waals surface area contributed by atoms with Crippen molar-refractivity contribution in [3.8, 4) is 0 Å². The summed E-state index contributed by atoms with van der Waals surface area (Å²) in [7, 11) is 0. The van der Waals surface area contributed by atoms with E-state index < -0.39 is 6.03 Å². The summed E-state index contributed by atoms with van der Waals surface area (Å²) in [6.07, 6.45) is 2.97. The molecule has 0 aromatic heterocycles. The van der Waals surface area contributed by atoms with Gasteiger partial charge in [-0.2, -0.15) is 5.10 Å². The summed E-state index contributed by atoms with van der Waals surface area (Å²) < 4.78 is 1.01. The number of carbonyl (C=O) groups excluding carboxylic acids is 1. The number of fused-ring (bicyclic) bond motifs is 1. The van der Waals surface area contributed by atoms with Crippen molar-refractivity contribution in [1.29, 1.82) is 0 Å². The van der Waals surface area contributed by atoms with Gasteiger partial charge in [-0.05, 0) is 37.0 Å². The van der Waals surface area contributed by atoms with Crippen LogP contribution in [0.1, 0.15) is 24.0 Å². The molecule has 0 saturated carbocycles. The number of rotatable bonds is 1. The maximum absolute atomic E-state index is 10.6. The molecule has 4 nitrogen and oxygen atoms in total. The minimum absolute atomic E-state index is 0.630. The normalized spacial score (nSPS) is 16.9. The number of carbonyl (C=O) groups is 1. The zero-order chi connectivity index (χ0) is 11.5. The quantitative estimate of drug-likeness (QED) is 0.761. The Morgan fingerprint density at radius 2 is 2.25 bits per heavy atom. The molecule has 5 heteroatoms. The third kappa shape index (κ3) is 2.41. The molecule has 0 aliphatic heterocycles. The second kappa shape index (κ2) is 4.65. The van der Waals surface area contributed by atoms with Crippen molar-refractivity contribution in [2.24, 2.45) is 10.8 Å². The van der Waals surface area contributed by atoms with E-state index in [1.807, 2.05) is 12.1 Å². The van der Waals surface area contributed by atoms with Gasteiger partial charge >= 0.3 is 6.03 Å². The highest BCUT2D eigenvalue weighted by molar-refractivity contribution is 9.10. The molecule has 2 rings (SSSR count). The van der Waals surface area contributed by atoms with Crippen LogP contribution in [0.5, 0.6) is 0 Å². The monoisotopic (exact) mass is 281 g/mol. The number of amides is 2. The van der Waals surface area contributed by atoms with Crippen molar-refractivity contribution in [3.05, 3.63) is 33.8 Å². The molecule has 0 bridgehead atoms. The van der Waals surface area contributed by atoms with E-state index in [1.54, 1.807) is 0 Å². The molecule has 1 aromatic carbocycles. The van der Waals surface area contributed by atoms with Crippen molar-refractivity contribution in [3.63, 3.8) is 0 Å². The Morgan fingerprint density at radius 1 is 1.44 bits per heavy atom. The van der Waals surface area contributed by atoms with Gasteiger partial charge in [0, 0.05) is 10.0 Å². The lowest BCUT2D eigenvalue weighted by Crippen LogP contribution is -2.27. The summed E-state index contributed by atoms with van der Waals surface area (Å²) in [4.78, 5) is 10.6. The molecule has 0 spiro atoms. The molecule has 16 heavy (non-hydrogen) atoms. The summed E-state index contributed by atoms with van der Waals surface area (Å²) in [6, 6.07) is 5.49. The lowest BCUT2D eigenvalue weighted by Gasteiger charge is -2.17.